The van der Waals surface area contributed by atoms with E-state index in [2.05, 4.69) is 37.8 Å². The zero-order chi connectivity index (χ0) is 17.2. The van der Waals surface area contributed by atoms with Gasteiger partial charge in [0.05, 0.1) is 22.8 Å². The lowest BCUT2D eigenvalue weighted by molar-refractivity contribution is 0.996. The zero-order valence-corrected chi connectivity index (χ0v) is 13.7. The van der Waals surface area contributed by atoms with Crippen molar-refractivity contribution in [1.29, 1.82) is 5.53 Å². The van der Waals surface area contributed by atoms with Gasteiger partial charge in [-0.2, -0.15) is 5.53 Å². The summed E-state index contributed by atoms with van der Waals surface area (Å²) in [5, 5.41) is 6.65. The van der Waals surface area contributed by atoms with E-state index in [0.717, 1.165) is 33.6 Å². The predicted octanol–water partition coefficient (Wildman–Crippen LogP) is 4.62. The SMILES string of the molecule is CN(c1ccccc1)c1nc2cc(C=NN=N)ccc2n2cccc12. The van der Waals surface area contributed by atoms with E-state index < -0.39 is 0 Å². The maximum absolute atomic E-state index is 6.79. The molecule has 2 aromatic carbocycles. The lowest BCUT2D eigenvalue weighted by Gasteiger charge is -2.20. The van der Waals surface area contributed by atoms with Gasteiger partial charge in [-0.15, -0.1) is 5.10 Å². The summed E-state index contributed by atoms with van der Waals surface area (Å²) in [6.07, 6.45) is 3.59. The molecule has 0 fully saturated rings. The van der Waals surface area contributed by atoms with Gasteiger partial charge in [-0.05, 0) is 42.0 Å². The summed E-state index contributed by atoms with van der Waals surface area (Å²) in [5.41, 5.74) is 11.6. The molecule has 4 rings (SSSR count). The van der Waals surface area contributed by atoms with E-state index in [1.807, 2.05) is 55.7 Å². The van der Waals surface area contributed by atoms with Crippen LogP contribution in [0.2, 0.25) is 0 Å². The minimum Gasteiger partial charge on any atom is -0.328 e. The number of nitrogens with one attached hydrogen (secondary N) is 1. The predicted molar refractivity (Wildman–Crippen MR) is 99.9 cm³/mol. The Kier molecular flexibility index (Phi) is 3.70. The molecule has 0 spiro atoms. The fourth-order valence-electron chi connectivity index (χ4n) is 2.97. The minimum atomic E-state index is 0.857. The Hall–Kier alpha value is -3.54. The summed E-state index contributed by atoms with van der Waals surface area (Å²) in [4.78, 5) is 6.96. The highest BCUT2D eigenvalue weighted by atomic mass is 15.3. The molecule has 6 nitrogen and oxygen atoms in total. The number of rotatable bonds is 4. The summed E-state index contributed by atoms with van der Waals surface area (Å²) in [6, 6.07) is 20.1. The van der Waals surface area contributed by atoms with E-state index in [4.69, 9.17) is 10.5 Å². The van der Waals surface area contributed by atoms with E-state index >= 15 is 0 Å². The summed E-state index contributed by atoms with van der Waals surface area (Å²) in [7, 11) is 2.01. The molecular formula is C19H16N6. The second-order valence-electron chi connectivity index (χ2n) is 5.69. The summed E-state index contributed by atoms with van der Waals surface area (Å²) < 4.78 is 2.13. The second-order valence-corrected chi connectivity index (χ2v) is 5.69. The van der Waals surface area contributed by atoms with Crippen molar-refractivity contribution in [3.8, 4) is 0 Å². The number of aromatic nitrogens is 2. The van der Waals surface area contributed by atoms with Gasteiger partial charge in [0.25, 0.3) is 0 Å². The lowest BCUT2D eigenvalue weighted by atomic mass is 10.2. The molecule has 1 N–H and O–H groups in total. The van der Waals surface area contributed by atoms with Crippen LogP contribution < -0.4 is 4.90 Å². The van der Waals surface area contributed by atoms with Gasteiger partial charge >= 0.3 is 0 Å². The van der Waals surface area contributed by atoms with Crippen molar-refractivity contribution in [2.75, 3.05) is 11.9 Å². The number of anilines is 2. The Morgan fingerprint density at radius 2 is 1.88 bits per heavy atom. The van der Waals surface area contributed by atoms with Gasteiger partial charge in [-0.1, -0.05) is 29.5 Å². The van der Waals surface area contributed by atoms with Crippen molar-refractivity contribution in [3.63, 3.8) is 0 Å². The third-order valence-electron chi connectivity index (χ3n) is 4.19. The first-order chi connectivity index (χ1) is 12.3. The van der Waals surface area contributed by atoms with E-state index in [1.165, 1.54) is 0 Å². The van der Waals surface area contributed by atoms with E-state index in [1.54, 1.807) is 6.21 Å². The number of benzene rings is 2. The average molecular weight is 328 g/mol. The van der Waals surface area contributed by atoms with E-state index in [-0.39, 0.29) is 0 Å². The highest BCUT2D eigenvalue weighted by molar-refractivity contribution is 5.91. The van der Waals surface area contributed by atoms with Crippen molar-refractivity contribution >= 4 is 34.3 Å². The lowest BCUT2D eigenvalue weighted by Crippen LogP contribution is -2.12. The molecule has 0 atom stereocenters. The van der Waals surface area contributed by atoms with Gasteiger partial charge in [0.2, 0.25) is 0 Å². The van der Waals surface area contributed by atoms with Crippen LogP contribution in [0.5, 0.6) is 0 Å². The summed E-state index contributed by atoms with van der Waals surface area (Å²) in [6.45, 7) is 0. The van der Waals surface area contributed by atoms with Gasteiger partial charge in [0, 0.05) is 18.9 Å². The molecular weight excluding hydrogens is 312 g/mol. The molecule has 0 amide bonds. The van der Waals surface area contributed by atoms with Gasteiger partial charge in [-0.25, -0.2) is 4.98 Å². The number of para-hydroxylation sites is 1. The first kappa shape index (κ1) is 15.0. The smallest absolute Gasteiger partial charge is 0.157 e. The molecule has 0 bridgehead atoms. The Labute approximate surface area is 144 Å². The largest absolute Gasteiger partial charge is 0.328 e. The van der Waals surface area contributed by atoms with Gasteiger partial charge < -0.3 is 9.30 Å². The molecule has 0 aliphatic heterocycles. The molecule has 2 heterocycles. The van der Waals surface area contributed by atoms with Crippen LogP contribution in [0.1, 0.15) is 5.56 Å². The van der Waals surface area contributed by atoms with Crippen molar-refractivity contribution in [2.45, 2.75) is 0 Å². The molecule has 122 valence electrons. The Morgan fingerprint density at radius 3 is 2.68 bits per heavy atom. The Bertz CT molecular complexity index is 1080. The molecule has 6 heteroatoms. The third-order valence-corrected chi connectivity index (χ3v) is 4.19. The van der Waals surface area contributed by atoms with Gasteiger partial charge in [-0.3, -0.25) is 0 Å². The molecule has 0 saturated carbocycles. The highest BCUT2D eigenvalue weighted by Crippen LogP contribution is 2.29. The first-order valence-corrected chi connectivity index (χ1v) is 7.87. The summed E-state index contributed by atoms with van der Waals surface area (Å²) in [5.74, 6) is 0.878. The summed E-state index contributed by atoms with van der Waals surface area (Å²) >= 11 is 0. The number of hydrogen-bond acceptors (Lipinski definition) is 4. The number of hydrogen-bond donors (Lipinski definition) is 1. The van der Waals surface area contributed by atoms with Crippen molar-refractivity contribution in [1.82, 2.24) is 9.38 Å². The van der Waals surface area contributed by atoms with Gasteiger partial charge in [0.15, 0.2) is 5.82 Å². The Balaban J connectivity index is 1.94. The van der Waals surface area contributed by atoms with Gasteiger partial charge in [0.1, 0.15) is 0 Å². The normalized spacial score (nSPS) is 11.4. The van der Waals surface area contributed by atoms with Crippen LogP contribution in [0.3, 0.4) is 0 Å². The van der Waals surface area contributed by atoms with Crippen LogP contribution in [-0.2, 0) is 0 Å². The Morgan fingerprint density at radius 1 is 1.04 bits per heavy atom. The molecule has 25 heavy (non-hydrogen) atoms. The fraction of sp³-hybridized carbons (Fsp3) is 0.0526. The molecule has 0 radical (unpaired) electrons. The van der Waals surface area contributed by atoms with Crippen LogP contribution >= 0.6 is 0 Å². The van der Waals surface area contributed by atoms with Crippen LogP contribution in [0, 0.1) is 5.53 Å². The highest BCUT2D eigenvalue weighted by Gasteiger charge is 2.13. The molecule has 0 saturated heterocycles. The van der Waals surface area contributed by atoms with Crippen molar-refractivity contribution in [2.24, 2.45) is 10.3 Å². The van der Waals surface area contributed by atoms with Crippen LogP contribution in [0.25, 0.3) is 16.6 Å². The zero-order valence-electron chi connectivity index (χ0n) is 13.7. The third kappa shape index (κ3) is 2.63. The molecule has 0 aliphatic carbocycles. The quantitative estimate of drug-likeness (QED) is 0.337. The minimum absolute atomic E-state index is 0.857. The molecule has 4 aromatic rings. The molecule has 0 unspecified atom stereocenters. The molecule has 0 aliphatic rings. The second kappa shape index (κ2) is 6.16. The number of nitrogens with zero attached hydrogens (tertiary/aromatic N) is 5. The van der Waals surface area contributed by atoms with Crippen molar-refractivity contribution in [3.05, 3.63) is 72.4 Å². The van der Waals surface area contributed by atoms with Crippen LogP contribution in [-0.4, -0.2) is 22.6 Å². The molecule has 2 aromatic heterocycles. The van der Waals surface area contributed by atoms with E-state index in [9.17, 15) is 0 Å². The average Bonchev–Trinajstić information content (AvgIpc) is 3.15. The monoisotopic (exact) mass is 328 g/mol. The fourth-order valence-corrected chi connectivity index (χ4v) is 2.97. The topological polar surface area (TPSA) is 69.1 Å². The van der Waals surface area contributed by atoms with Crippen LogP contribution in [0.4, 0.5) is 11.5 Å². The van der Waals surface area contributed by atoms with Crippen molar-refractivity contribution < 1.29 is 0 Å². The van der Waals surface area contributed by atoms with Crippen LogP contribution in [0.15, 0.2) is 77.2 Å². The standard InChI is InChI=1S/C19H16N6/c1-24(15-6-3-2-4-7-15)19-18-8-5-11-25(18)17-10-9-14(13-21-23-20)12-16(17)22-19/h2-13,20H,1H3. The van der Waals surface area contributed by atoms with E-state index in [0.29, 0.717) is 0 Å². The maximum Gasteiger partial charge on any atom is 0.157 e. The number of fused-ring (bicyclic) bond motifs is 3. The maximum atomic E-state index is 6.79. The first-order valence-electron chi connectivity index (χ1n) is 7.87.